The van der Waals surface area contributed by atoms with Gasteiger partial charge in [-0.3, -0.25) is 4.79 Å². The predicted octanol–water partition coefficient (Wildman–Crippen LogP) is 3.96. The summed E-state index contributed by atoms with van der Waals surface area (Å²) in [6.07, 6.45) is 2.06. The summed E-state index contributed by atoms with van der Waals surface area (Å²) in [6.45, 7) is 0. The maximum absolute atomic E-state index is 12.8. The third-order valence-corrected chi connectivity index (χ3v) is 5.31. The highest BCUT2D eigenvalue weighted by Crippen LogP contribution is 2.43. The quantitative estimate of drug-likeness (QED) is 0.575. The molecule has 2 aromatic rings. The summed E-state index contributed by atoms with van der Waals surface area (Å²) < 4.78 is 10.1. The van der Waals surface area contributed by atoms with Crippen LogP contribution in [0.1, 0.15) is 18.0 Å². The molecule has 5 nitrogen and oxygen atoms in total. The molecule has 6 heteroatoms. The predicted molar refractivity (Wildman–Crippen MR) is 107 cm³/mol. The van der Waals surface area contributed by atoms with Crippen molar-refractivity contribution >= 4 is 29.2 Å². The van der Waals surface area contributed by atoms with Crippen LogP contribution in [0.15, 0.2) is 65.2 Å². The maximum atomic E-state index is 12.8. The molecule has 1 heterocycles. The Hall–Kier alpha value is -2.73. The van der Waals surface area contributed by atoms with E-state index in [0.29, 0.717) is 5.03 Å². The van der Waals surface area contributed by atoms with E-state index < -0.39 is 5.97 Å². The van der Waals surface area contributed by atoms with E-state index in [2.05, 4.69) is 0 Å². The lowest BCUT2D eigenvalue weighted by molar-refractivity contribution is -0.138. The Morgan fingerprint density at radius 3 is 2.30 bits per heavy atom. The second kappa shape index (κ2) is 8.31. The smallest absolute Gasteiger partial charge is 0.344 e. The minimum atomic E-state index is -0.602. The second-order valence-electron chi connectivity index (χ2n) is 6.00. The van der Waals surface area contributed by atoms with Crippen molar-refractivity contribution in [1.82, 2.24) is 0 Å². The molecule has 0 saturated heterocycles. The molecule has 0 unspecified atom stereocenters. The number of rotatable bonds is 5. The Kier molecular flexibility index (Phi) is 5.86. The minimum absolute atomic E-state index is 0.105. The van der Waals surface area contributed by atoms with Gasteiger partial charge >= 0.3 is 5.97 Å². The zero-order valence-electron chi connectivity index (χ0n) is 15.5. The van der Waals surface area contributed by atoms with E-state index in [1.54, 1.807) is 7.11 Å². The van der Waals surface area contributed by atoms with Gasteiger partial charge in [-0.05, 0) is 36.1 Å². The molecule has 27 heavy (non-hydrogen) atoms. The van der Waals surface area contributed by atoms with Crippen LogP contribution in [-0.2, 0) is 14.3 Å². The van der Waals surface area contributed by atoms with Crippen molar-refractivity contribution < 1.29 is 19.1 Å². The number of benzene rings is 2. The Morgan fingerprint density at radius 2 is 1.74 bits per heavy atom. The molecule has 3 rings (SSSR count). The van der Waals surface area contributed by atoms with Gasteiger partial charge in [0, 0.05) is 12.1 Å². The minimum Gasteiger partial charge on any atom is -0.497 e. The lowest BCUT2D eigenvalue weighted by Gasteiger charge is -2.39. The molecular weight excluding hydrogens is 362 g/mol. The Morgan fingerprint density at radius 1 is 1.07 bits per heavy atom. The lowest BCUT2D eigenvalue weighted by atomic mass is 9.92. The SMILES string of the molecule is COC(=O)C1=C(SC)N(c2ccc(OC)cc2)[C@H](c2ccccc2)CC1=O. The van der Waals surface area contributed by atoms with E-state index in [4.69, 9.17) is 9.47 Å². The summed E-state index contributed by atoms with van der Waals surface area (Å²) in [6, 6.07) is 17.2. The van der Waals surface area contributed by atoms with Crippen LogP contribution >= 0.6 is 11.8 Å². The van der Waals surface area contributed by atoms with Gasteiger partial charge < -0.3 is 14.4 Å². The number of methoxy groups -OCH3 is 2. The summed E-state index contributed by atoms with van der Waals surface area (Å²) in [5.41, 5.74) is 1.99. The van der Waals surface area contributed by atoms with Gasteiger partial charge in [0.05, 0.1) is 25.3 Å². The first kappa shape index (κ1) is 19.0. The first-order valence-corrected chi connectivity index (χ1v) is 9.71. The number of Topliss-reactive ketones (excluding diaryl/α,β-unsaturated/α-hetero) is 1. The van der Waals surface area contributed by atoms with Crippen LogP contribution < -0.4 is 9.64 Å². The highest BCUT2D eigenvalue weighted by molar-refractivity contribution is 8.02. The number of carbonyl (C=O) groups is 2. The fraction of sp³-hybridized carbons (Fsp3) is 0.238. The van der Waals surface area contributed by atoms with Crippen molar-refractivity contribution in [1.29, 1.82) is 0 Å². The third kappa shape index (κ3) is 3.71. The summed E-state index contributed by atoms with van der Waals surface area (Å²) in [7, 11) is 2.91. The van der Waals surface area contributed by atoms with Crippen LogP contribution in [0, 0.1) is 0 Å². The van der Waals surface area contributed by atoms with Crippen molar-refractivity contribution in [3.63, 3.8) is 0 Å². The van der Waals surface area contributed by atoms with Crippen molar-refractivity contribution in [2.75, 3.05) is 25.4 Å². The average Bonchev–Trinajstić information content (AvgIpc) is 2.73. The van der Waals surface area contributed by atoms with Gasteiger partial charge in [0.15, 0.2) is 5.78 Å². The van der Waals surface area contributed by atoms with Gasteiger partial charge in [0.25, 0.3) is 0 Å². The van der Waals surface area contributed by atoms with E-state index in [0.717, 1.165) is 17.0 Å². The molecule has 1 aliphatic heterocycles. The lowest BCUT2D eigenvalue weighted by Crippen LogP contribution is -2.37. The molecule has 0 amide bonds. The van der Waals surface area contributed by atoms with Crippen molar-refractivity contribution in [3.05, 3.63) is 70.8 Å². The molecule has 0 fully saturated rings. The summed E-state index contributed by atoms with van der Waals surface area (Å²) in [5, 5.41) is 0.595. The normalized spacial score (nSPS) is 17.1. The third-order valence-electron chi connectivity index (χ3n) is 4.52. The molecule has 140 valence electrons. The standard InChI is InChI=1S/C21H21NO4S/c1-25-16-11-9-15(10-12-16)22-17(14-7-5-4-6-8-14)13-18(23)19(20(22)27-3)21(24)26-2/h4-12,17H,13H2,1-3H3/t17-/m0/s1. The van der Waals surface area contributed by atoms with Crippen LogP contribution in [0.4, 0.5) is 5.69 Å². The molecule has 0 aliphatic carbocycles. The molecule has 0 N–H and O–H groups in total. The fourth-order valence-electron chi connectivity index (χ4n) is 3.24. The molecule has 0 radical (unpaired) electrons. The first-order chi connectivity index (χ1) is 13.1. The highest BCUT2D eigenvalue weighted by atomic mass is 32.2. The summed E-state index contributed by atoms with van der Waals surface area (Å²) >= 11 is 1.37. The number of nitrogens with zero attached hydrogens (tertiary/aromatic N) is 1. The average molecular weight is 383 g/mol. The number of hydrogen-bond donors (Lipinski definition) is 0. The second-order valence-corrected chi connectivity index (χ2v) is 6.79. The van der Waals surface area contributed by atoms with Gasteiger partial charge in [-0.15, -0.1) is 11.8 Å². The number of esters is 1. The van der Waals surface area contributed by atoms with E-state index >= 15 is 0 Å². The number of anilines is 1. The van der Waals surface area contributed by atoms with Gasteiger partial charge in [0.1, 0.15) is 11.3 Å². The number of thioether (sulfide) groups is 1. The number of ether oxygens (including phenoxy) is 2. The number of ketones is 1. The van der Waals surface area contributed by atoms with Crippen LogP contribution in [0.3, 0.4) is 0 Å². The van der Waals surface area contributed by atoms with Gasteiger partial charge in [-0.2, -0.15) is 0 Å². The Labute approximate surface area is 163 Å². The van der Waals surface area contributed by atoms with Gasteiger partial charge in [-0.1, -0.05) is 30.3 Å². The van der Waals surface area contributed by atoms with Crippen molar-refractivity contribution in [3.8, 4) is 5.75 Å². The molecule has 1 aliphatic rings. The molecular formula is C21H21NO4S. The van der Waals surface area contributed by atoms with Gasteiger partial charge in [-0.25, -0.2) is 4.79 Å². The number of hydrogen-bond acceptors (Lipinski definition) is 6. The zero-order chi connectivity index (χ0) is 19.4. The van der Waals surface area contributed by atoms with Crippen molar-refractivity contribution in [2.45, 2.75) is 12.5 Å². The Bertz CT molecular complexity index is 862. The highest BCUT2D eigenvalue weighted by Gasteiger charge is 2.38. The Balaban J connectivity index is 2.18. The molecule has 0 bridgehead atoms. The summed E-state index contributed by atoms with van der Waals surface area (Å²) in [4.78, 5) is 27.1. The monoisotopic (exact) mass is 383 g/mol. The molecule has 0 aromatic heterocycles. The summed E-state index contributed by atoms with van der Waals surface area (Å²) in [5.74, 6) is -0.0647. The van der Waals surface area contributed by atoms with Crippen LogP contribution in [-0.4, -0.2) is 32.2 Å². The van der Waals surface area contributed by atoms with E-state index in [9.17, 15) is 9.59 Å². The topological polar surface area (TPSA) is 55.8 Å². The van der Waals surface area contributed by atoms with Crippen LogP contribution in [0.2, 0.25) is 0 Å². The van der Waals surface area contributed by atoms with E-state index in [-0.39, 0.29) is 23.8 Å². The van der Waals surface area contributed by atoms with Gasteiger partial charge in [0.2, 0.25) is 0 Å². The maximum Gasteiger partial charge on any atom is 0.344 e. The fourth-order valence-corrected chi connectivity index (χ4v) is 4.07. The van der Waals surface area contributed by atoms with Crippen molar-refractivity contribution in [2.24, 2.45) is 0 Å². The van der Waals surface area contributed by atoms with E-state index in [1.807, 2.05) is 65.8 Å². The van der Waals surface area contributed by atoms with Crippen LogP contribution in [0.25, 0.3) is 0 Å². The molecule has 0 saturated carbocycles. The molecule has 0 spiro atoms. The zero-order valence-corrected chi connectivity index (χ0v) is 16.3. The largest absolute Gasteiger partial charge is 0.497 e. The first-order valence-electron chi connectivity index (χ1n) is 8.48. The van der Waals surface area contributed by atoms with Crippen LogP contribution in [0.5, 0.6) is 5.75 Å². The molecule has 1 atom stereocenters. The molecule has 2 aromatic carbocycles. The number of carbonyl (C=O) groups excluding carboxylic acids is 2. The van der Waals surface area contributed by atoms with E-state index in [1.165, 1.54) is 18.9 Å².